The van der Waals surface area contributed by atoms with Gasteiger partial charge < -0.3 is 8.83 Å². The summed E-state index contributed by atoms with van der Waals surface area (Å²) in [5.41, 5.74) is 9.14. The van der Waals surface area contributed by atoms with Crippen LogP contribution in [0.2, 0.25) is 19.6 Å². The summed E-state index contributed by atoms with van der Waals surface area (Å²) >= 11 is 0. The van der Waals surface area contributed by atoms with Crippen molar-refractivity contribution in [2.75, 3.05) is 0 Å². The molecule has 0 bridgehead atoms. The Bertz CT molecular complexity index is 1970. The Kier molecular flexibility index (Phi) is 4.73. The van der Waals surface area contributed by atoms with E-state index in [0.717, 1.165) is 55.3 Å². The largest absolute Gasteiger partial charge is 0.452 e. The van der Waals surface area contributed by atoms with Gasteiger partial charge in [-0.3, -0.25) is 4.98 Å². The van der Waals surface area contributed by atoms with E-state index in [-0.39, 0.29) is 0 Å². The van der Waals surface area contributed by atoms with Crippen molar-refractivity contribution in [1.82, 2.24) is 4.98 Å². The zero-order valence-corrected chi connectivity index (χ0v) is 22.4. The number of aryl methyl sites for hydroxylation is 1. The number of hydrogen-bond acceptors (Lipinski definition) is 3. The summed E-state index contributed by atoms with van der Waals surface area (Å²) in [6.45, 7) is 9.44. The van der Waals surface area contributed by atoms with Crippen LogP contribution in [0.1, 0.15) is 5.56 Å². The van der Waals surface area contributed by atoms with Gasteiger partial charge >= 0.3 is 0 Å². The molecular formula is C33H27NO2Si. The van der Waals surface area contributed by atoms with Crippen molar-refractivity contribution in [3.63, 3.8) is 0 Å². The Morgan fingerprint density at radius 2 is 1.24 bits per heavy atom. The summed E-state index contributed by atoms with van der Waals surface area (Å²) in [5, 5.41) is 5.99. The van der Waals surface area contributed by atoms with Gasteiger partial charge in [-0.1, -0.05) is 86.4 Å². The number of aromatic nitrogens is 1. The second kappa shape index (κ2) is 7.92. The molecule has 0 unspecified atom stereocenters. The van der Waals surface area contributed by atoms with Crippen LogP contribution in [-0.2, 0) is 0 Å². The van der Waals surface area contributed by atoms with Gasteiger partial charge in [-0.2, -0.15) is 0 Å². The Balaban J connectivity index is 1.75. The van der Waals surface area contributed by atoms with Gasteiger partial charge in [-0.15, -0.1) is 0 Å². The van der Waals surface area contributed by atoms with Crippen molar-refractivity contribution >= 4 is 57.1 Å². The highest BCUT2D eigenvalue weighted by Crippen LogP contribution is 2.45. The molecule has 0 aliphatic heterocycles. The standard InChI is InChI=1S/C33H27NO2Si/c1-20-19-34-25(21-12-6-5-7-13-21)18-24(20)29-28-22-14-8-10-16-26(22)35-31(28)32-30(33(29)37(2,3)4)23-15-9-11-17-27(23)36-32/h5-19H,1-4H3. The number of pyridine rings is 1. The van der Waals surface area contributed by atoms with Gasteiger partial charge in [-0.25, -0.2) is 0 Å². The average molecular weight is 498 g/mol. The van der Waals surface area contributed by atoms with E-state index < -0.39 is 8.07 Å². The molecule has 4 heteroatoms. The molecule has 3 heterocycles. The van der Waals surface area contributed by atoms with Gasteiger partial charge in [0.05, 0.1) is 13.8 Å². The Hall–Kier alpha value is -4.15. The minimum absolute atomic E-state index is 0.821. The van der Waals surface area contributed by atoms with Crippen molar-refractivity contribution in [3.05, 3.63) is 96.7 Å². The maximum absolute atomic E-state index is 6.59. The highest BCUT2D eigenvalue weighted by atomic mass is 28.3. The van der Waals surface area contributed by atoms with Crippen LogP contribution in [-0.4, -0.2) is 13.1 Å². The lowest BCUT2D eigenvalue weighted by Gasteiger charge is -2.24. The van der Waals surface area contributed by atoms with Gasteiger partial charge in [0.15, 0.2) is 11.2 Å². The van der Waals surface area contributed by atoms with Crippen LogP contribution in [0.3, 0.4) is 0 Å². The fourth-order valence-electron chi connectivity index (χ4n) is 5.74. The predicted octanol–water partition coefficient (Wildman–Crippen LogP) is 9.07. The number of nitrogens with zero attached hydrogens (tertiary/aromatic N) is 1. The van der Waals surface area contributed by atoms with Gasteiger partial charge in [0.2, 0.25) is 0 Å². The summed E-state index contributed by atoms with van der Waals surface area (Å²) in [6.07, 6.45) is 2.01. The normalized spacial score (nSPS) is 12.3. The maximum atomic E-state index is 6.59. The molecule has 0 fully saturated rings. The molecule has 0 amide bonds. The average Bonchev–Trinajstić information content (AvgIpc) is 3.47. The smallest absolute Gasteiger partial charge is 0.179 e. The quantitative estimate of drug-likeness (QED) is 0.229. The minimum atomic E-state index is -1.93. The monoisotopic (exact) mass is 497 g/mol. The van der Waals surface area contributed by atoms with E-state index in [1.54, 1.807) is 0 Å². The molecule has 7 aromatic rings. The van der Waals surface area contributed by atoms with Gasteiger partial charge in [0.25, 0.3) is 0 Å². The van der Waals surface area contributed by atoms with Crippen LogP contribution in [0.25, 0.3) is 66.3 Å². The highest BCUT2D eigenvalue weighted by molar-refractivity contribution is 6.92. The van der Waals surface area contributed by atoms with E-state index in [4.69, 9.17) is 13.8 Å². The number of furan rings is 2. The van der Waals surface area contributed by atoms with Crippen molar-refractivity contribution in [1.29, 1.82) is 0 Å². The number of para-hydroxylation sites is 2. The number of fused-ring (bicyclic) bond motifs is 7. The lowest BCUT2D eigenvalue weighted by atomic mass is 9.93. The second-order valence-corrected chi connectivity index (χ2v) is 15.9. The van der Waals surface area contributed by atoms with Crippen LogP contribution in [0, 0.1) is 6.92 Å². The molecule has 7 rings (SSSR count). The summed E-state index contributed by atoms with van der Waals surface area (Å²) in [7, 11) is -1.93. The molecule has 37 heavy (non-hydrogen) atoms. The lowest BCUT2D eigenvalue weighted by molar-refractivity contribution is 0.633. The van der Waals surface area contributed by atoms with Gasteiger partial charge in [0.1, 0.15) is 11.2 Å². The van der Waals surface area contributed by atoms with E-state index in [0.29, 0.717) is 0 Å². The predicted molar refractivity (Wildman–Crippen MR) is 157 cm³/mol. The molecule has 0 radical (unpaired) electrons. The van der Waals surface area contributed by atoms with Crippen LogP contribution in [0.4, 0.5) is 0 Å². The van der Waals surface area contributed by atoms with E-state index in [1.165, 1.54) is 21.7 Å². The molecular weight excluding hydrogens is 470 g/mol. The molecule has 0 aliphatic rings. The Morgan fingerprint density at radius 3 is 1.89 bits per heavy atom. The van der Waals surface area contributed by atoms with Crippen molar-refractivity contribution < 1.29 is 8.83 Å². The molecule has 180 valence electrons. The molecule has 0 saturated carbocycles. The first-order valence-electron chi connectivity index (χ1n) is 12.7. The molecule has 4 aromatic carbocycles. The summed E-state index contributed by atoms with van der Waals surface area (Å²) in [6, 6.07) is 29.4. The van der Waals surface area contributed by atoms with Crippen LogP contribution < -0.4 is 5.19 Å². The summed E-state index contributed by atoms with van der Waals surface area (Å²) < 4.78 is 13.1. The number of rotatable bonds is 3. The molecule has 0 spiro atoms. The van der Waals surface area contributed by atoms with E-state index >= 15 is 0 Å². The first-order chi connectivity index (χ1) is 17.9. The highest BCUT2D eigenvalue weighted by Gasteiger charge is 2.32. The van der Waals surface area contributed by atoms with Crippen LogP contribution >= 0.6 is 0 Å². The van der Waals surface area contributed by atoms with Gasteiger partial charge in [-0.05, 0) is 47.0 Å². The van der Waals surface area contributed by atoms with Gasteiger partial charge in [0, 0.05) is 33.3 Å². The zero-order valence-electron chi connectivity index (χ0n) is 21.4. The molecule has 0 aliphatic carbocycles. The first-order valence-corrected chi connectivity index (χ1v) is 16.2. The lowest BCUT2D eigenvalue weighted by Crippen LogP contribution is -2.39. The van der Waals surface area contributed by atoms with Crippen molar-refractivity contribution in [3.8, 4) is 22.4 Å². The third-order valence-corrected chi connectivity index (χ3v) is 9.34. The van der Waals surface area contributed by atoms with Crippen LogP contribution in [0.15, 0.2) is 100.0 Å². The molecule has 3 aromatic heterocycles. The Morgan fingerprint density at radius 1 is 0.676 bits per heavy atom. The maximum Gasteiger partial charge on any atom is 0.179 e. The zero-order chi connectivity index (χ0) is 25.3. The number of hydrogen-bond donors (Lipinski definition) is 0. The molecule has 0 atom stereocenters. The van der Waals surface area contributed by atoms with E-state index in [1.807, 2.05) is 24.4 Å². The molecule has 3 nitrogen and oxygen atoms in total. The summed E-state index contributed by atoms with van der Waals surface area (Å²) in [4.78, 5) is 4.83. The molecule has 0 N–H and O–H groups in total. The Labute approximate surface area is 216 Å². The van der Waals surface area contributed by atoms with Crippen LogP contribution in [0.5, 0.6) is 0 Å². The van der Waals surface area contributed by atoms with Crippen molar-refractivity contribution in [2.45, 2.75) is 26.6 Å². The van der Waals surface area contributed by atoms with E-state index in [9.17, 15) is 0 Å². The SMILES string of the molecule is Cc1cnc(-c2ccccc2)cc1-c1c([Si](C)(C)C)c2c3ccccc3oc2c2oc3ccccc3c12. The minimum Gasteiger partial charge on any atom is -0.452 e. The third-order valence-electron chi connectivity index (χ3n) is 7.34. The second-order valence-electron chi connectivity index (χ2n) is 10.9. The first kappa shape index (κ1) is 22.1. The molecule has 0 saturated heterocycles. The van der Waals surface area contributed by atoms with E-state index in [2.05, 4.69) is 93.3 Å². The fraction of sp³-hybridized carbons (Fsp3) is 0.121. The third kappa shape index (κ3) is 3.29. The fourth-order valence-corrected chi connectivity index (χ4v) is 7.74. The number of benzene rings is 4. The summed E-state index contributed by atoms with van der Waals surface area (Å²) in [5.74, 6) is 0. The van der Waals surface area contributed by atoms with Crippen molar-refractivity contribution in [2.24, 2.45) is 0 Å². The topological polar surface area (TPSA) is 39.2 Å².